The van der Waals surface area contributed by atoms with E-state index in [9.17, 15) is 19.2 Å². The minimum Gasteiger partial charge on any atom is -0.378 e. The van der Waals surface area contributed by atoms with Gasteiger partial charge in [-0.2, -0.15) is 11.8 Å². The van der Waals surface area contributed by atoms with Crippen LogP contribution in [0.5, 0.6) is 0 Å². The highest BCUT2D eigenvalue weighted by Gasteiger charge is 2.33. The van der Waals surface area contributed by atoms with Gasteiger partial charge in [-0.15, -0.1) is 0 Å². The Hall–Kier alpha value is -1.29. The van der Waals surface area contributed by atoms with Crippen molar-refractivity contribution in [3.63, 3.8) is 0 Å². The molecular formula is C30H55NO7S. The molecule has 1 amide bonds. The van der Waals surface area contributed by atoms with Gasteiger partial charge in [-0.3, -0.25) is 19.2 Å². The van der Waals surface area contributed by atoms with Gasteiger partial charge in [0.2, 0.25) is 5.91 Å². The molecule has 0 aliphatic rings. The zero-order valence-electron chi connectivity index (χ0n) is 25.8. The highest BCUT2D eigenvalue weighted by Crippen LogP contribution is 2.19. The molecule has 0 spiro atoms. The molecule has 0 saturated carbocycles. The van der Waals surface area contributed by atoms with Crippen molar-refractivity contribution in [3.8, 4) is 0 Å². The van der Waals surface area contributed by atoms with Crippen molar-refractivity contribution < 1.29 is 33.4 Å². The number of carbonyl (C=O) groups excluding carboxylic acids is 4. The Morgan fingerprint density at radius 3 is 1.62 bits per heavy atom. The molecule has 0 atom stereocenters. The minimum atomic E-state index is -0.865. The third kappa shape index (κ3) is 19.4. The SMILES string of the molecule is CC(C)SCCOCC(=O)NC(CCCCC(=O)C(C)C)(COCCC(=O)C(C)C)COCCC(=O)C(C)C. The predicted molar refractivity (Wildman–Crippen MR) is 158 cm³/mol. The fraction of sp³-hybridized carbons (Fsp3) is 0.867. The lowest BCUT2D eigenvalue weighted by molar-refractivity contribution is -0.131. The second kappa shape index (κ2) is 21.5. The molecule has 39 heavy (non-hydrogen) atoms. The number of hydrogen-bond donors (Lipinski definition) is 1. The first-order valence-electron chi connectivity index (χ1n) is 14.5. The summed E-state index contributed by atoms with van der Waals surface area (Å²) in [5.74, 6) is 0.842. The Morgan fingerprint density at radius 2 is 1.15 bits per heavy atom. The fourth-order valence-corrected chi connectivity index (χ4v) is 4.35. The van der Waals surface area contributed by atoms with Crippen LogP contribution in [0.2, 0.25) is 0 Å². The Bertz CT molecular complexity index is 653. The van der Waals surface area contributed by atoms with Gasteiger partial charge in [0.1, 0.15) is 24.0 Å². The summed E-state index contributed by atoms with van der Waals surface area (Å²) in [6.45, 7) is 16.6. The van der Waals surface area contributed by atoms with Gasteiger partial charge in [-0.05, 0) is 18.1 Å². The number of ketones is 3. The van der Waals surface area contributed by atoms with E-state index in [1.54, 1.807) is 11.8 Å². The van der Waals surface area contributed by atoms with Crippen molar-refractivity contribution in [3.05, 3.63) is 0 Å². The molecule has 0 aromatic heterocycles. The van der Waals surface area contributed by atoms with Crippen molar-refractivity contribution in [2.75, 3.05) is 45.4 Å². The molecule has 0 heterocycles. The first-order chi connectivity index (χ1) is 18.3. The molecule has 0 bridgehead atoms. The van der Waals surface area contributed by atoms with E-state index in [1.807, 2.05) is 41.5 Å². The first-order valence-corrected chi connectivity index (χ1v) is 15.6. The lowest BCUT2D eigenvalue weighted by atomic mass is 9.92. The summed E-state index contributed by atoms with van der Waals surface area (Å²) in [6.07, 6.45) is 2.98. The number of ether oxygens (including phenoxy) is 3. The van der Waals surface area contributed by atoms with E-state index in [0.29, 0.717) is 50.4 Å². The summed E-state index contributed by atoms with van der Waals surface area (Å²) in [6, 6.07) is 0. The van der Waals surface area contributed by atoms with Gasteiger partial charge in [0, 0.05) is 42.8 Å². The van der Waals surface area contributed by atoms with Crippen molar-refractivity contribution in [1.82, 2.24) is 5.32 Å². The van der Waals surface area contributed by atoms with Crippen LogP contribution in [0.1, 0.15) is 93.9 Å². The normalized spacial score (nSPS) is 12.1. The van der Waals surface area contributed by atoms with Crippen LogP contribution in [-0.4, -0.2) is 79.4 Å². The van der Waals surface area contributed by atoms with Gasteiger partial charge in [0.05, 0.1) is 38.6 Å². The lowest BCUT2D eigenvalue weighted by Crippen LogP contribution is -2.56. The lowest BCUT2D eigenvalue weighted by Gasteiger charge is -2.35. The molecule has 8 nitrogen and oxygen atoms in total. The molecule has 0 rings (SSSR count). The summed E-state index contributed by atoms with van der Waals surface area (Å²) in [5, 5.41) is 3.58. The van der Waals surface area contributed by atoms with E-state index in [0.717, 1.165) is 5.75 Å². The molecule has 0 aliphatic heterocycles. The van der Waals surface area contributed by atoms with Gasteiger partial charge in [-0.25, -0.2) is 0 Å². The van der Waals surface area contributed by atoms with E-state index in [2.05, 4.69) is 19.2 Å². The van der Waals surface area contributed by atoms with Crippen molar-refractivity contribution in [2.45, 2.75) is 105 Å². The van der Waals surface area contributed by atoms with Gasteiger partial charge >= 0.3 is 0 Å². The maximum atomic E-state index is 12.9. The van der Waals surface area contributed by atoms with Crippen molar-refractivity contribution in [1.29, 1.82) is 0 Å². The average molecular weight is 574 g/mol. The smallest absolute Gasteiger partial charge is 0.246 e. The molecule has 0 radical (unpaired) electrons. The molecule has 0 unspecified atom stereocenters. The molecule has 9 heteroatoms. The Kier molecular flexibility index (Phi) is 20.7. The van der Waals surface area contributed by atoms with Crippen LogP contribution in [0.15, 0.2) is 0 Å². The second-order valence-corrected chi connectivity index (χ2v) is 13.2. The highest BCUT2D eigenvalue weighted by atomic mass is 32.2. The van der Waals surface area contributed by atoms with Crippen LogP contribution in [0.3, 0.4) is 0 Å². The molecule has 0 aliphatic carbocycles. The van der Waals surface area contributed by atoms with E-state index < -0.39 is 5.54 Å². The zero-order chi connectivity index (χ0) is 29.8. The summed E-state index contributed by atoms with van der Waals surface area (Å²) < 4.78 is 17.5. The quantitative estimate of drug-likeness (QED) is 0.151. The van der Waals surface area contributed by atoms with Crippen LogP contribution >= 0.6 is 11.8 Å². The predicted octanol–water partition coefficient (Wildman–Crippen LogP) is 5.05. The molecule has 0 aromatic rings. The molecule has 0 aromatic carbocycles. The van der Waals surface area contributed by atoms with Gasteiger partial charge < -0.3 is 19.5 Å². The van der Waals surface area contributed by atoms with Gasteiger partial charge in [0.25, 0.3) is 0 Å². The Balaban J connectivity index is 5.39. The summed E-state index contributed by atoms with van der Waals surface area (Å²) in [5.41, 5.74) is -0.865. The largest absolute Gasteiger partial charge is 0.378 e. The third-order valence-electron chi connectivity index (χ3n) is 6.32. The molecular weight excluding hydrogens is 518 g/mol. The number of rotatable bonds is 25. The number of Topliss-reactive ketones (excluding diaryl/α,β-unsaturated/α-hetero) is 3. The Morgan fingerprint density at radius 1 is 0.667 bits per heavy atom. The van der Waals surface area contributed by atoms with Gasteiger partial charge in [-0.1, -0.05) is 61.8 Å². The molecule has 0 saturated heterocycles. The number of carbonyl (C=O) groups is 4. The van der Waals surface area contributed by atoms with E-state index >= 15 is 0 Å². The molecule has 1 N–H and O–H groups in total. The summed E-state index contributed by atoms with van der Waals surface area (Å²) >= 11 is 1.77. The van der Waals surface area contributed by atoms with Crippen molar-refractivity contribution >= 4 is 35.0 Å². The number of nitrogens with one attached hydrogen (secondary N) is 1. The monoisotopic (exact) mass is 573 g/mol. The topological polar surface area (TPSA) is 108 Å². The van der Waals surface area contributed by atoms with Crippen LogP contribution in [0, 0.1) is 17.8 Å². The van der Waals surface area contributed by atoms with E-state index in [4.69, 9.17) is 14.2 Å². The van der Waals surface area contributed by atoms with Crippen LogP contribution in [0.4, 0.5) is 0 Å². The minimum absolute atomic E-state index is 0.0101. The maximum absolute atomic E-state index is 12.9. The number of hydrogen-bond acceptors (Lipinski definition) is 8. The van der Waals surface area contributed by atoms with Crippen LogP contribution in [-0.2, 0) is 33.4 Å². The van der Waals surface area contributed by atoms with Crippen LogP contribution in [0.25, 0.3) is 0 Å². The fourth-order valence-electron chi connectivity index (χ4n) is 3.67. The van der Waals surface area contributed by atoms with Crippen molar-refractivity contribution in [2.24, 2.45) is 17.8 Å². The molecule has 228 valence electrons. The number of unbranched alkanes of at least 4 members (excludes halogenated alkanes) is 1. The summed E-state index contributed by atoms with van der Waals surface area (Å²) in [4.78, 5) is 49.2. The third-order valence-corrected chi connectivity index (χ3v) is 7.39. The average Bonchev–Trinajstić information content (AvgIpc) is 2.85. The number of amides is 1. The number of thioether (sulfide) groups is 1. The van der Waals surface area contributed by atoms with Gasteiger partial charge in [0.15, 0.2) is 0 Å². The zero-order valence-corrected chi connectivity index (χ0v) is 26.6. The standard InChI is InChI=1S/C30H55NO7S/c1-22(2)26(32)11-9-10-14-30(20-37-15-12-27(33)23(3)4,21-38-16-13-28(34)24(5)6)31-29(35)19-36-17-18-39-25(7)8/h22-25H,9-21H2,1-8H3,(H,31,35). The maximum Gasteiger partial charge on any atom is 0.246 e. The van der Waals surface area contributed by atoms with E-state index in [1.165, 1.54) is 0 Å². The molecule has 0 fully saturated rings. The van der Waals surface area contributed by atoms with E-state index in [-0.39, 0.29) is 74.0 Å². The second-order valence-electron chi connectivity index (χ2n) is 11.5. The highest BCUT2D eigenvalue weighted by molar-refractivity contribution is 7.99. The van der Waals surface area contributed by atoms with Crippen LogP contribution < -0.4 is 5.32 Å². The first kappa shape index (κ1) is 37.7. The Labute approximate surface area is 241 Å². The summed E-state index contributed by atoms with van der Waals surface area (Å²) in [7, 11) is 0.